The number of ether oxygens (including phenoxy) is 1. The van der Waals surface area contributed by atoms with Gasteiger partial charge < -0.3 is 9.84 Å². The minimum Gasteiger partial charge on any atom is -0.390 e. The summed E-state index contributed by atoms with van der Waals surface area (Å²) < 4.78 is 5.58. The fourth-order valence-corrected chi connectivity index (χ4v) is 1.97. The largest absolute Gasteiger partial charge is 0.390 e. The summed E-state index contributed by atoms with van der Waals surface area (Å²) in [6.45, 7) is 0. The Labute approximate surface area is 61.2 Å². The lowest BCUT2D eigenvalue weighted by molar-refractivity contribution is -0.0206. The SMILES string of the molecule is O[C@@H]1CCCC2CCC1O2. The van der Waals surface area contributed by atoms with Crippen LogP contribution in [0.4, 0.5) is 0 Å². The van der Waals surface area contributed by atoms with Gasteiger partial charge in [0.25, 0.3) is 0 Å². The van der Waals surface area contributed by atoms with Gasteiger partial charge in [0.2, 0.25) is 0 Å². The van der Waals surface area contributed by atoms with Gasteiger partial charge in [-0.1, -0.05) is 0 Å². The highest BCUT2D eigenvalue weighted by molar-refractivity contribution is 4.82. The van der Waals surface area contributed by atoms with Gasteiger partial charge in [0.15, 0.2) is 0 Å². The van der Waals surface area contributed by atoms with E-state index < -0.39 is 0 Å². The average Bonchev–Trinajstić information content (AvgIpc) is 2.27. The molecule has 0 aromatic carbocycles. The molecule has 0 amide bonds. The Kier molecular flexibility index (Phi) is 1.66. The molecule has 10 heavy (non-hydrogen) atoms. The summed E-state index contributed by atoms with van der Waals surface area (Å²) in [5.41, 5.74) is 0. The van der Waals surface area contributed by atoms with Crippen LogP contribution < -0.4 is 0 Å². The molecule has 58 valence electrons. The smallest absolute Gasteiger partial charge is 0.0838 e. The number of hydrogen-bond donors (Lipinski definition) is 1. The normalized spacial score (nSPS) is 47.1. The van der Waals surface area contributed by atoms with Gasteiger partial charge in [0, 0.05) is 0 Å². The first-order valence-electron chi connectivity index (χ1n) is 4.20. The summed E-state index contributed by atoms with van der Waals surface area (Å²) >= 11 is 0. The fourth-order valence-electron chi connectivity index (χ4n) is 1.97. The summed E-state index contributed by atoms with van der Waals surface area (Å²) in [5, 5.41) is 9.45. The molecule has 2 unspecified atom stereocenters. The molecule has 0 spiro atoms. The third kappa shape index (κ3) is 1.06. The van der Waals surface area contributed by atoms with Crippen molar-refractivity contribution in [2.24, 2.45) is 0 Å². The lowest BCUT2D eigenvalue weighted by Crippen LogP contribution is -2.23. The van der Waals surface area contributed by atoms with Crippen molar-refractivity contribution >= 4 is 0 Å². The second kappa shape index (κ2) is 2.51. The van der Waals surface area contributed by atoms with Crippen molar-refractivity contribution in [3.63, 3.8) is 0 Å². The van der Waals surface area contributed by atoms with Gasteiger partial charge >= 0.3 is 0 Å². The van der Waals surface area contributed by atoms with E-state index in [2.05, 4.69) is 0 Å². The van der Waals surface area contributed by atoms with Gasteiger partial charge in [-0.3, -0.25) is 0 Å². The van der Waals surface area contributed by atoms with Crippen LogP contribution in [0.5, 0.6) is 0 Å². The van der Waals surface area contributed by atoms with E-state index in [9.17, 15) is 5.11 Å². The molecule has 2 nitrogen and oxygen atoms in total. The Hall–Kier alpha value is -0.0800. The van der Waals surface area contributed by atoms with E-state index in [1.807, 2.05) is 0 Å². The van der Waals surface area contributed by atoms with Crippen molar-refractivity contribution in [3.05, 3.63) is 0 Å². The van der Waals surface area contributed by atoms with E-state index in [4.69, 9.17) is 4.74 Å². The van der Waals surface area contributed by atoms with E-state index in [1.165, 1.54) is 6.42 Å². The quantitative estimate of drug-likeness (QED) is 0.548. The Morgan fingerprint density at radius 2 is 2.00 bits per heavy atom. The molecule has 0 saturated carbocycles. The minimum absolute atomic E-state index is 0.174. The highest BCUT2D eigenvalue weighted by Crippen LogP contribution is 2.30. The first-order chi connectivity index (χ1) is 4.86. The van der Waals surface area contributed by atoms with Crippen molar-refractivity contribution in [2.75, 3.05) is 0 Å². The summed E-state index contributed by atoms with van der Waals surface area (Å²) in [6.07, 6.45) is 5.96. The predicted molar refractivity (Wildman–Crippen MR) is 37.8 cm³/mol. The van der Waals surface area contributed by atoms with E-state index in [1.54, 1.807) is 0 Å². The molecule has 2 aliphatic rings. The van der Waals surface area contributed by atoms with E-state index in [0.717, 1.165) is 25.7 Å². The highest BCUT2D eigenvalue weighted by Gasteiger charge is 2.32. The maximum Gasteiger partial charge on any atom is 0.0838 e. The van der Waals surface area contributed by atoms with Crippen molar-refractivity contribution in [3.8, 4) is 0 Å². The monoisotopic (exact) mass is 142 g/mol. The van der Waals surface area contributed by atoms with Crippen molar-refractivity contribution < 1.29 is 9.84 Å². The highest BCUT2D eigenvalue weighted by atomic mass is 16.5. The molecule has 1 N–H and O–H groups in total. The second-order valence-corrected chi connectivity index (χ2v) is 3.37. The molecule has 0 aliphatic carbocycles. The van der Waals surface area contributed by atoms with Crippen molar-refractivity contribution in [1.82, 2.24) is 0 Å². The molecule has 0 aromatic rings. The van der Waals surface area contributed by atoms with Crippen LogP contribution in [0.1, 0.15) is 32.1 Å². The molecule has 0 radical (unpaired) electrons. The van der Waals surface area contributed by atoms with Gasteiger partial charge in [-0.25, -0.2) is 0 Å². The maximum atomic E-state index is 9.45. The summed E-state index contributed by atoms with van der Waals surface area (Å²) in [7, 11) is 0. The number of aliphatic hydroxyl groups is 1. The number of hydrogen-bond acceptors (Lipinski definition) is 2. The van der Waals surface area contributed by atoms with Gasteiger partial charge in [0.05, 0.1) is 18.3 Å². The third-order valence-electron chi connectivity index (χ3n) is 2.60. The lowest BCUT2D eigenvalue weighted by atomic mass is 9.99. The van der Waals surface area contributed by atoms with Crippen LogP contribution in [0, 0.1) is 0 Å². The van der Waals surface area contributed by atoms with Gasteiger partial charge in [-0.15, -0.1) is 0 Å². The maximum absolute atomic E-state index is 9.45. The zero-order chi connectivity index (χ0) is 6.97. The zero-order valence-electron chi connectivity index (χ0n) is 6.12. The topological polar surface area (TPSA) is 29.5 Å². The van der Waals surface area contributed by atoms with Crippen LogP contribution >= 0.6 is 0 Å². The molecule has 2 aliphatic heterocycles. The molecule has 2 saturated heterocycles. The standard InChI is InChI=1S/C8H14O2/c9-7-3-1-2-6-4-5-8(7)10-6/h6-9H,1-5H2/t6?,7-,8?/m1/s1. The number of rotatable bonds is 0. The first-order valence-corrected chi connectivity index (χ1v) is 4.20. The zero-order valence-corrected chi connectivity index (χ0v) is 6.12. The van der Waals surface area contributed by atoms with Crippen LogP contribution in [0.2, 0.25) is 0 Å². The van der Waals surface area contributed by atoms with Crippen molar-refractivity contribution in [1.29, 1.82) is 0 Å². The van der Waals surface area contributed by atoms with Crippen LogP contribution in [0.25, 0.3) is 0 Å². The predicted octanol–water partition coefficient (Wildman–Crippen LogP) is 1.08. The first kappa shape index (κ1) is 6.62. The third-order valence-corrected chi connectivity index (χ3v) is 2.60. The molecule has 3 atom stereocenters. The molecule has 0 aromatic heterocycles. The summed E-state index contributed by atoms with van der Waals surface area (Å²) in [6, 6.07) is 0. The van der Waals surface area contributed by atoms with Crippen LogP contribution in [-0.2, 0) is 4.74 Å². The Balaban J connectivity index is 2.03. The number of fused-ring (bicyclic) bond motifs is 2. The van der Waals surface area contributed by atoms with Gasteiger partial charge in [0.1, 0.15) is 0 Å². The van der Waals surface area contributed by atoms with Gasteiger partial charge in [-0.05, 0) is 32.1 Å². The minimum atomic E-state index is -0.174. The molecular formula is C8H14O2. The van der Waals surface area contributed by atoms with Crippen LogP contribution in [0.15, 0.2) is 0 Å². The lowest BCUT2D eigenvalue weighted by Gasteiger charge is -2.14. The van der Waals surface area contributed by atoms with E-state index in [0.29, 0.717) is 6.10 Å². The average molecular weight is 142 g/mol. The van der Waals surface area contributed by atoms with Crippen LogP contribution in [-0.4, -0.2) is 23.4 Å². The molecule has 2 heterocycles. The Bertz CT molecular complexity index is 124. The van der Waals surface area contributed by atoms with Crippen LogP contribution in [0.3, 0.4) is 0 Å². The Morgan fingerprint density at radius 3 is 2.90 bits per heavy atom. The summed E-state index contributed by atoms with van der Waals surface area (Å²) in [4.78, 5) is 0. The molecule has 2 heteroatoms. The molecule has 2 fully saturated rings. The van der Waals surface area contributed by atoms with E-state index >= 15 is 0 Å². The number of aliphatic hydroxyl groups excluding tert-OH is 1. The Morgan fingerprint density at radius 1 is 1.10 bits per heavy atom. The second-order valence-electron chi connectivity index (χ2n) is 3.37. The summed E-state index contributed by atoms with van der Waals surface area (Å²) in [5.74, 6) is 0. The van der Waals surface area contributed by atoms with Crippen molar-refractivity contribution in [2.45, 2.75) is 50.4 Å². The molecule has 2 bridgehead atoms. The van der Waals surface area contributed by atoms with E-state index in [-0.39, 0.29) is 12.2 Å². The fraction of sp³-hybridized carbons (Fsp3) is 1.00. The molecular weight excluding hydrogens is 128 g/mol. The molecule has 2 rings (SSSR count). The van der Waals surface area contributed by atoms with Gasteiger partial charge in [-0.2, -0.15) is 0 Å².